The number of halogens is 4. The number of carbonyl (C=O) groups is 1. The fourth-order valence-electron chi connectivity index (χ4n) is 6.17. The maximum Gasteiger partial charge on any atom is 0.433 e. The van der Waals surface area contributed by atoms with Crippen LogP contribution in [0.2, 0.25) is 5.02 Å². The summed E-state index contributed by atoms with van der Waals surface area (Å²) in [5, 5.41) is 13.7. The Morgan fingerprint density at radius 2 is 1.69 bits per heavy atom. The lowest BCUT2D eigenvalue weighted by Gasteiger charge is -2.37. The minimum Gasteiger partial charge on any atom is -0.478 e. The number of aromatic nitrogens is 2. The number of hydrogen-bond acceptors (Lipinski definition) is 5. The van der Waals surface area contributed by atoms with Gasteiger partial charge in [-0.1, -0.05) is 37.2 Å². The Hall–Kier alpha value is -3.24. The maximum atomic E-state index is 13.9. The van der Waals surface area contributed by atoms with Crippen LogP contribution in [0.4, 0.5) is 24.5 Å². The van der Waals surface area contributed by atoms with Crippen LogP contribution >= 0.6 is 11.6 Å². The van der Waals surface area contributed by atoms with E-state index in [1.165, 1.54) is 25.1 Å². The Balaban J connectivity index is 0.00000353. The number of piperazine rings is 1. The van der Waals surface area contributed by atoms with E-state index in [-0.39, 0.29) is 14.0 Å². The first-order valence-corrected chi connectivity index (χ1v) is 14.6. The van der Waals surface area contributed by atoms with E-state index in [9.17, 15) is 23.1 Å². The molecule has 226 valence electrons. The van der Waals surface area contributed by atoms with Gasteiger partial charge in [-0.2, -0.15) is 18.3 Å². The highest BCUT2D eigenvalue weighted by atomic mass is 35.5. The van der Waals surface area contributed by atoms with Crippen LogP contribution in [0.1, 0.15) is 55.2 Å². The quantitative estimate of drug-likeness (QED) is 0.316. The molecule has 3 aliphatic rings. The van der Waals surface area contributed by atoms with E-state index in [0.717, 1.165) is 59.8 Å². The van der Waals surface area contributed by atoms with Crippen LogP contribution in [0.25, 0.3) is 11.1 Å². The third-order valence-corrected chi connectivity index (χ3v) is 8.70. The van der Waals surface area contributed by atoms with Crippen molar-refractivity contribution in [2.75, 3.05) is 55.6 Å². The highest BCUT2D eigenvalue weighted by Gasteiger charge is 2.42. The Labute approximate surface area is 249 Å². The van der Waals surface area contributed by atoms with E-state index >= 15 is 0 Å². The van der Waals surface area contributed by atoms with Crippen LogP contribution in [-0.4, -0.2) is 71.6 Å². The molecule has 3 aromatic rings. The second-order valence-electron chi connectivity index (χ2n) is 11.3. The number of aromatic carboxylic acids is 1. The summed E-state index contributed by atoms with van der Waals surface area (Å²) in [5.74, 6) is -0.741. The number of benzene rings is 2. The zero-order valence-corrected chi connectivity index (χ0v) is 23.4. The van der Waals surface area contributed by atoms with Crippen LogP contribution in [-0.2, 0) is 6.18 Å². The third kappa shape index (κ3) is 6.39. The molecule has 11 heteroatoms. The molecule has 1 saturated carbocycles. The molecule has 2 saturated heterocycles. The van der Waals surface area contributed by atoms with E-state index in [4.69, 9.17) is 11.6 Å². The van der Waals surface area contributed by atoms with Gasteiger partial charge >= 0.3 is 12.1 Å². The van der Waals surface area contributed by atoms with Crippen LogP contribution in [0.15, 0.2) is 48.7 Å². The van der Waals surface area contributed by atoms with E-state index in [0.29, 0.717) is 24.4 Å². The second-order valence-corrected chi connectivity index (χ2v) is 11.8. The predicted molar refractivity (Wildman–Crippen MR) is 160 cm³/mol. The summed E-state index contributed by atoms with van der Waals surface area (Å²) >= 11 is 6.41. The first-order chi connectivity index (χ1) is 19.7. The van der Waals surface area contributed by atoms with Gasteiger partial charge in [0.05, 0.1) is 12.2 Å². The molecule has 2 aromatic carbocycles. The Morgan fingerprint density at radius 3 is 2.33 bits per heavy atom. The molecule has 0 spiro atoms. The Morgan fingerprint density at radius 1 is 0.976 bits per heavy atom. The minimum absolute atomic E-state index is 0. The Kier molecular flexibility index (Phi) is 8.76. The van der Waals surface area contributed by atoms with E-state index < -0.39 is 29.4 Å². The molecule has 0 amide bonds. The summed E-state index contributed by atoms with van der Waals surface area (Å²) in [6.07, 6.45) is -0.213. The number of carboxylic acid groups (broad SMARTS) is 1. The molecule has 7 nitrogen and oxygen atoms in total. The summed E-state index contributed by atoms with van der Waals surface area (Å²) in [5.41, 5.74) is 1.91. The van der Waals surface area contributed by atoms with Gasteiger partial charge < -0.3 is 14.9 Å². The van der Waals surface area contributed by atoms with Gasteiger partial charge in [-0.15, -0.1) is 0 Å². The highest BCUT2D eigenvalue weighted by molar-refractivity contribution is 6.31. The van der Waals surface area contributed by atoms with Gasteiger partial charge in [0, 0.05) is 67.8 Å². The smallest absolute Gasteiger partial charge is 0.433 e. The van der Waals surface area contributed by atoms with Gasteiger partial charge in [-0.3, -0.25) is 9.58 Å². The van der Waals surface area contributed by atoms with E-state index in [2.05, 4.69) is 39.2 Å². The summed E-state index contributed by atoms with van der Waals surface area (Å²) in [4.78, 5) is 18.5. The molecule has 0 radical (unpaired) electrons. The van der Waals surface area contributed by atoms with Crippen LogP contribution in [0, 0.1) is 5.92 Å². The first kappa shape index (κ1) is 30.2. The molecule has 3 heterocycles. The number of alkyl halides is 3. The van der Waals surface area contributed by atoms with Gasteiger partial charge in [0.25, 0.3) is 0 Å². The molecule has 1 unspecified atom stereocenters. The van der Waals surface area contributed by atoms with Crippen molar-refractivity contribution in [3.8, 4) is 11.1 Å². The fraction of sp³-hybridized carbons (Fsp3) is 0.484. The molecule has 1 N–H and O–H groups in total. The molecule has 6 rings (SSSR count). The lowest BCUT2D eigenvalue weighted by Crippen LogP contribution is -2.47. The van der Waals surface area contributed by atoms with Crippen molar-refractivity contribution in [2.45, 2.75) is 45.3 Å². The zero-order chi connectivity index (χ0) is 28.7. The summed E-state index contributed by atoms with van der Waals surface area (Å²) in [6.45, 7) is 6.28. The molecule has 3 fully saturated rings. The fourth-order valence-corrected chi connectivity index (χ4v) is 6.33. The van der Waals surface area contributed by atoms with E-state index in [1.807, 2.05) is 23.1 Å². The summed E-state index contributed by atoms with van der Waals surface area (Å²) < 4.78 is 42.5. The lowest BCUT2D eigenvalue weighted by molar-refractivity contribution is -0.145. The largest absolute Gasteiger partial charge is 0.478 e. The minimum atomic E-state index is -4.83. The molecule has 2 aliphatic heterocycles. The number of rotatable bonds is 7. The first-order valence-electron chi connectivity index (χ1n) is 14.2. The number of nitrogens with zero attached hydrogens (tertiary/aromatic N) is 5. The molecular formula is C31H37ClF3N5O2. The molecular weight excluding hydrogens is 567 g/mol. The number of piperidine rings is 1. The number of anilines is 2. The van der Waals surface area contributed by atoms with Crippen molar-refractivity contribution in [1.82, 2.24) is 14.7 Å². The molecule has 0 bridgehead atoms. The predicted octanol–water partition coefficient (Wildman–Crippen LogP) is 6.93. The van der Waals surface area contributed by atoms with E-state index in [1.54, 1.807) is 0 Å². The molecule has 1 aromatic heterocycles. The molecule has 1 aliphatic carbocycles. The summed E-state index contributed by atoms with van der Waals surface area (Å²) in [6, 6.07) is 13.4. The maximum absolute atomic E-state index is 13.9. The van der Waals surface area contributed by atoms with Gasteiger partial charge in [0.1, 0.15) is 5.56 Å². The van der Waals surface area contributed by atoms with Crippen molar-refractivity contribution < 1.29 is 23.1 Å². The molecule has 42 heavy (non-hydrogen) atoms. The van der Waals surface area contributed by atoms with Crippen molar-refractivity contribution in [3.05, 3.63) is 64.9 Å². The van der Waals surface area contributed by atoms with Crippen molar-refractivity contribution in [3.63, 3.8) is 0 Å². The Bertz CT molecular complexity index is 1400. The van der Waals surface area contributed by atoms with Gasteiger partial charge in [-0.05, 0) is 61.4 Å². The molecule has 1 atom stereocenters. The van der Waals surface area contributed by atoms with Crippen LogP contribution in [0.5, 0.6) is 0 Å². The van der Waals surface area contributed by atoms with Gasteiger partial charge in [0.15, 0.2) is 5.69 Å². The SMILES string of the molecule is C.O=C(O)c1cnn(C2CCCN(c3cc(Cl)ccc3-c3ccc(N4CCN(CC5CC5)CC4)cc3)C2)c1C(F)(F)F. The standard InChI is InChI=1S/C30H33ClF3N5O2.CH4/c31-22-7-10-25(21-5-8-23(9-6-21)37-14-12-36(13-15-37)18-20-3-4-20)27(16-22)38-11-1-2-24(19-38)39-28(30(32,33)34)26(17-35-39)29(40)41;/h5-10,16-17,20,24H,1-4,11-15,18-19H2,(H,40,41);1H4. The average molecular weight is 604 g/mol. The van der Waals surface area contributed by atoms with Gasteiger partial charge in [-0.25, -0.2) is 4.79 Å². The van der Waals surface area contributed by atoms with Crippen LogP contribution < -0.4 is 9.80 Å². The number of carboxylic acids is 1. The average Bonchev–Trinajstić information content (AvgIpc) is 3.65. The topological polar surface area (TPSA) is 64.8 Å². The normalized spacial score (nSPS) is 20.0. The zero-order valence-electron chi connectivity index (χ0n) is 22.7. The summed E-state index contributed by atoms with van der Waals surface area (Å²) in [7, 11) is 0. The number of hydrogen-bond donors (Lipinski definition) is 1. The van der Waals surface area contributed by atoms with Gasteiger partial charge in [0.2, 0.25) is 0 Å². The van der Waals surface area contributed by atoms with Crippen molar-refractivity contribution >= 4 is 28.9 Å². The lowest BCUT2D eigenvalue weighted by atomic mass is 9.99. The highest BCUT2D eigenvalue weighted by Crippen LogP contribution is 2.39. The van der Waals surface area contributed by atoms with Crippen LogP contribution in [0.3, 0.4) is 0 Å². The third-order valence-electron chi connectivity index (χ3n) is 8.47. The monoisotopic (exact) mass is 603 g/mol. The second kappa shape index (κ2) is 12.2. The van der Waals surface area contributed by atoms with Crippen molar-refractivity contribution in [1.29, 1.82) is 0 Å². The van der Waals surface area contributed by atoms with Crippen molar-refractivity contribution in [2.24, 2.45) is 5.92 Å².